The van der Waals surface area contributed by atoms with Crippen molar-refractivity contribution in [3.63, 3.8) is 0 Å². The number of carbonyl (C=O) groups excluding carboxylic acids is 1. The smallest absolute Gasteiger partial charge is 0.306 e. The molecule has 0 spiro atoms. The molecule has 36 heavy (non-hydrogen) atoms. The van der Waals surface area contributed by atoms with Gasteiger partial charge in [-0.1, -0.05) is 43.3 Å². The van der Waals surface area contributed by atoms with E-state index in [4.69, 9.17) is 9.47 Å². The van der Waals surface area contributed by atoms with E-state index in [1.54, 1.807) is 19.1 Å². The third-order valence-corrected chi connectivity index (χ3v) is 6.99. The molecule has 2 aromatic rings. The monoisotopic (exact) mass is 492 g/mol. The van der Waals surface area contributed by atoms with Crippen LogP contribution in [0, 0.1) is 17.2 Å². The van der Waals surface area contributed by atoms with Crippen LogP contribution >= 0.6 is 0 Å². The minimum Gasteiger partial charge on any atom is -0.489 e. The zero-order valence-corrected chi connectivity index (χ0v) is 22.0. The lowest BCUT2D eigenvalue weighted by Crippen LogP contribution is -2.46. The number of hydrogen-bond donors (Lipinski definition) is 2. The number of ether oxygens (including phenoxy) is 2. The van der Waals surface area contributed by atoms with E-state index < -0.39 is 6.10 Å². The van der Waals surface area contributed by atoms with Crippen molar-refractivity contribution < 1.29 is 19.4 Å². The molecule has 0 fully saturated rings. The lowest BCUT2D eigenvalue weighted by atomic mass is 9.88. The van der Waals surface area contributed by atoms with E-state index in [9.17, 15) is 15.2 Å². The number of nitrogens with zero attached hydrogens (tertiary/aromatic N) is 1. The molecule has 0 radical (unpaired) electrons. The molecule has 194 valence electrons. The standard InChI is InChI=1S/C30H40N2O4/c1-5-22(16-28(34)35-6-2)27-13-9-12-25(18-31)29(27)36-20-26(33)19-32-30(3,4)17-21-14-23-10-7-8-11-24(23)15-21/h7-13,21-22,26,32-33H,5-6,14-17,19-20H2,1-4H3. The number of β-amino-alcohol motifs (C(OH)–C–C–N with tert-alkyl or cyclic N) is 1. The summed E-state index contributed by atoms with van der Waals surface area (Å²) in [6, 6.07) is 16.2. The Morgan fingerprint density at radius 1 is 1.17 bits per heavy atom. The average Bonchev–Trinajstić information content (AvgIpc) is 3.26. The van der Waals surface area contributed by atoms with Gasteiger partial charge in [0.05, 0.1) is 18.6 Å². The van der Waals surface area contributed by atoms with Crippen molar-refractivity contribution in [2.75, 3.05) is 19.8 Å². The Hall–Kier alpha value is -2.88. The van der Waals surface area contributed by atoms with Gasteiger partial charge in [0.1, 0.15) is 24.5 Å². The summed E-state index contributed by atoms with van der Waals surface area (Å²) in [5.41, 5.74) is 3.97. The van der Waals surface area contributed by atoms with E-state index in [1.807, 2.05) is 13.0 Å². The van der Waals surface area contributed by atoms with E-state index in [2.05, 4.69) is 49.5 Å². The third kappa shape index (κ3) is 7.56. The molecule has 0 amide bonds. The molecule has 6 nitrogen and oxygen atoms in total. The van der Waals surface area contributed by atoms with Gasteiger partial charge in [-0.3, -0.25) is 4.79 Å². The fraction of sp³-hybridized carbons (Fsp3) is 0.533. The van der Waals surface area contributed by atoms with Crippen LogP contribution < -0.4 is 10.1 Å². The van der Waals surface area contributed by atoms with Crippen molar-refractivity contribution in [2.45, 2.75) is 77.4 Å². The van der Waals surface area contributed by atoms with Gasteiger partial charge in [0.15, 0.2) is 0 Å². The number of nitrogens with one attached hydrogen (secondary N) is 1. The number of esters is 1. The van der Waals surface area contributed by atoms with E-state index in [0.29, 0.717) is 36.8 Å². The SMILES string of the molecule is CCOC(=O)CC(CC)c1cccc(C#N)c1OCC(O)CNC(C)(C)CC1Cc2ccccc2C1. The molecule has 2 N–H and O–H groups in total. The number of nitriles is 1. The van der Waals surface area contributed by atoms with Gasteiger partial charge >= 0.3 is 5.97 Å². The number of carbonyl (C=O) groups is 1. The van der Waals surface area contributed by atoms with Crippen LogP contribution in [0.15, 0.2) is 42.5 Å². The van der Waals surface area contributed by atoms with Crippen LogP contribution in [0.2, 0.25) is 0 Å². The topological polar surface area (TPSA) is 91.6 Å². The molecule has 0 aromatic heterocycles. The Morgan fingerprint density at radius 2 is 1.86 bits per heavy atom. The molecule has 1 aliphatic carbocycles. The fourth-order valence-electron chi connectivity index (χ4n) is 5.24. The van der Waals surface area contributed by atoms with Gasteiger partial charge in [0, 0.05) is 12.1 Å². The Labute approximate surface area is 215 Å². The molecule has 2 atom stereocenters. The normalized spacial score (nSPS) is 15.1. The molecule has 0 aliphatic heterocycles. The second kappa shape index (κ2) is 12.9. The third-order valence-electron chi connectivity index (χ3n) is 6.99. The van der Waals surface area contributed by atoms with Crippen LogP contribution in [0.25, 0.3) is 0 Å². The first-order valence-corrected chi connectivity index (χ1v) is 13.1. The van der Waals surface area contributed by atoms with Crippen LogP contribution in [-0.2, 0) is 22.4 Å². The first-order chi connectivity index (χ1) is 17.3. The van der Waals surface area contributed by atoms with Crippen LogP contribution in [0.3, 0.4) is 0 Å². The van der Waals surface area contributed by atoms with Crippen molar-refractivity contribution in [2.24, 2.45) is 5.92 Å². The summed E-state index contributed by atoms with van der Waals surface area (Å²) >= 11 is 0. The summed E-state index contributed by atoms with van der Waals surface area (Å²) in [6.45, 7) is 8.90. The average molecular weight is 493 g/mol. The molecule has 6 heteroatoms. The second-order valence-electron chi connectivity index (χ2n) is 10.4. The Morgan fingerprint density at radius 3 is 2.47 bits per heavy atom. The van der Waals surface area contributed by atoms with Crippen molar-refractivity contribution >= 4 is 5.97 Å². The molecule has 2 unspecified atom stereocenters. The summed E-state index contributed by atoms with van der Waals surface area (Å²) in [7, 11) is 0. The highest BCUT2D eigenvalue weighted by Gasteiger charge is 2.28. The number of hydrogen-bond acceptors (Lipinski definition) is 6. The van der Waals surface area contributed by atoms with Gasteiger partial charge in [-0.25, -0.2) is 0 Å². The molecule has 0 saturated carbocycles. The van der Waals surface area contributed by atoms with Crippen LogP contribution in [-0.4, -0.2) is 42.5 Å². The van der Waals surface area contributed by atoms with Crippen LogP contribution in [0.4, 0.5) is 0 Å². The summed E-state index contributed by atoms with van der Waals surface area (Å²) in [6.07, 6.45) is 3.40. The first-order valence-electron chi connectivity index (χ1n) is 13.1. The highest BCUT2D eigenvalue weighted by molar-refractivity contribution is 5.71. The van der Waals surface area contributed by atoms with Gasteiger partial charge < -0.3 is 19.9 Å². The van der Waals surface area contributed by atoms with Gasteiger partial charge in [-0.05, 0) is 81.0 Å². The fourth-order valence-corrected chi connectivity index (χ4v) is 5.24. The van der Waals surface area contributed by atoms with Crippen molar-refractivity contribution in [1.29, 1.82) is 5.26 Å². The van der Waals surface area contributed by atoms with Crippen LogP contribution in [0.5, 0.6) is 5.75 Å². The number of aliphatic hydroxyl groups excluding tert-OH is 1. The highest BCUT2D eigenvalue weighted by atomic mass is 16.5. The maximum atomic E-state index is 12.1. The lowest BCUT2D eigenvalue weighted by Gasteiger charge is -2.30. The minimum atomic E-state index is -0.741. The number of fused-ring (bicyclic) bond motifs is 1. The summed E-state index contributed by atoms with van der Waals surface area (Å²) in [5, 5.41) is 23.9. The van der Waals surface area contributed by atoms with Crippen molar-refractivity contribution in [3.05, 3.63) is 64.7 Å². The summed E-state index contributed by atoms with van der Waals surface area (Å²) in [5.74, 6) is 0.637. The lowest BCUT2D eigenvalue weighted by molar-refractivity contribution is -0.143. The maximum absolute atomic E-state index is 12.1. The van der Waals surface area contributed by atoms with E-state index in [1.165, 1.54) is 11.1 Å². The van der Waals surface area contributed by atoms with Crippen LogP contribution in [0.1, 0.15) is 75.1 Å². The molecule has 1 aliphatic rings. The molecular weight excluding hydrogens is 452 g/mol. The largest absolute Gasteiger partial charge is 0.489 e. The number of rotatable bonds is 13. The van der Waals surface area contributed by atoms with Gasteiger partial charge in [0.25, 0.3) is 0 Å². The van der Waals surface area contributed by atoms with E-state index >= 15 is 0 Å². The zero-order valence-electron chi connectivity index (χ0n) is 22.0. The molecular formula is C30H40N2O4. The molecule has 2 aromatic carbocycles. The van der Waals surface area contributed by atoms with E-state index in [-0.39, 0.29) is 30.5 Å². The number of aliphatic hydroxyl groups is 1. The Kier molecular flexibility index (Phi) is 9.92. The van der Waals surface area contributed by atoms with E-state index in [0.717, 1.165) is 24.8 Å². The highest BCUT2D eigenvalue weighted by Crippen LogP contribution is 2.35. The Bertz CT molecular complexity index is 1030. The number of para-hydroxylation sites is 1. The minimum absolute atomic E-state index is 0.0550. The van der Waals surface area contributed by atoms with Crippen molar-refractivity contribution in [3.8, 4) is 11.8 Å². The predicted octanol–water partition coefficient (Wildman–Crippen LogP) is 4.92. The zero-order chi connectivity index (χ0) is 26.1. The van der Waals surface area contributed by atoms with Gasteiger partial charge in [-0.15, -0.1) is 0 Å². The first kappa shape index (κ1) is 27.7. The van der Waals surface area contributed by atoms with Crippen molar-refractivity contribution in [1.82, 2.24) is 5.32 Å². The summed E-state index contributed by atoms with van der Waals surface area (Å²) in [4.78, 5) is 12.1. The molecule has 3 rings (SSSR count). The molecule has 0 heterocycles. The molecule has 0 saturated heterocycles. The second-order valence-corrected chi connectivity index (χ2v) is 10.4. The maximum Gasteiger partial charge on any atom is 0.306 e. The summed E-state index contributed by atoms with van der Waals surface area (Å²) < 4.78 is 11.1. The van der Waals surface area contributed by atoms with Gasteiger partial charge in [0.2, 0.25) is 0 Å². The molecule has 0 bridgehead atoms. The Balaban J connectivity index is 1.57. The quantitative estimate of drug-likeness (QED) is 0.386. The number of benzene rings is 2. The van der Waals surface area contributed by atoms with Gasteiger partial charge in [-0.2, -0.15) is 5.26 Å². The predicted molar refractivity (Wildman–Crippen MR) is 141 cm³/mol.